The van der Waals surface area contributed by atoms with E-state index in [4.69, 9.17) is 9.47 Å². The van der Waals surface area contributed by atoms with Gasteiger partial charge in [-0.05, 0) is 42.3 Å². The second kappa shape index (κ2) is 11.5. The smallest absolute Gasteiger partial charge is 0.378 e. The van der Waals surface area contributed by atoms with Crippen molar-refractivity contribution in [2.24, 2.45) is 0 Å². The summed E-state index contributed by atoms with van der Waals surface area (Å²) in [5.74, 6) is -1.37. The molecule has 0 bridgehead atoms. The zero-order valence-electron chi connectivity index (χ0n) is 18.8. The van der Waals surface area contributed by atoms with Crippen molar-refractivity contribution in [2.75, 3.05) is 7.11 Å². The highest BCUT2D eigenvalue weighted by atomic mass is 16.5. The Bertz CT molecular complexity index is 1230. The molecule has 1 N–H and O–H groups in total. The van der Waals surface area contributed by atoms with E-state index in [0.29, 0.717) is 29.2 Å². The molecular formula is C27H24O7. The van der Waals surface area contributed by atoms with Gasteiger partial charge in [0.05, 0.1) is 7.11 Å². The van der Waals surface area contributed by atoms with Crippen LogP contribution in [0, 0.1) is 0 Å². The van der Waals surface area contributed by atoms with Crippen molar-refractivity contribution in [2.45, 2.75) is 20.1 Å². The number of esters is 1. The number of carbonyl (C=O) groups excluding carboxylic acids is 3. The van der Waals surface area contributed by atoms with Crippen LogP contribution < -0.4 is 9.47 Å². The summed E-state index contributed by atoms with van der Waals surface area (Å²) in [4.78, 5) is 34.5. The molecule has 0 aromatic heterocycles. The van der Waals surface area contributed by atoms with E-state index in [9.17, 15) is 19.5 Å². The predicted octanol–water partition coefficient (Wildman–Crippen LogP) is 4.69. The van der Waals surface area contributed by atoms with Crippen LogP contribution in [0.3, 0.4) is 0 Å². The summed E-state index contributed by atoms with van der Waals surface area (Å²) in [6.45, 7) is 2.04. The molecule has 0 aliphatic rings. The van der Waals surface area contributed by atoms with Crippen molar-refractivity contribution in [1.29, 1.82) is 0 Å². The van der Waals surface area contributed by atoms with E-state index in [1.165, 1.54) is 6.92 Å². The van der Waals surface area contributed by atoms with E-state index in [1.807, 2.05) is 24.3 Å². The van der Waals surface area contributed by atoms with Gasteiger partial charge in [-0.15, -0.1) is 0 Å². The van der Waals surface area contributed by atoms with Gasteiger partial charge in [0.2, 0.25) is 0 Å². The van der Waals surface area contributed by atoms with Gasteiger partial charge in [-0.25, -0.2) is 4.79 Å². The number of hydrogen-bond acceptors (Lipinski definition) is 7. The molecule has 7 nitrogen and oxygen atoms in total. The SMILES string of the molecule is COC(=O)C(=O)/C=C(\O)c1cccc(OCc2ccccc2COc2cccc(C(C)=O)c2)c1. The monoisotopic (exact) mass is 460 g/mol. The summed E-state index contributed by atoms with van der Waals surface area (Å²) >= 11 is 0. The molecule has 174 valence electrons. The fraction of sp³-hybridized carbons (Fsp3) is 0.148. The average Bonchev–Trinajstić information content (AvgIpc) is 2.86. The number of ether oxygens (including phenoxy) is 3. The number of aliphatic hydroxyl groups excluding tert-OH is 1. The predicted molar refractivity (Wildman–Crippen MR) is 126 cm³/mol. The van der Waals surface area contributed by atoms with Gasteiger partial charge in [-0.3, -0.25) is 9.59 Å². The molecule has 0 saturated heterocycles. The van der Waals surface area contributed by atoms with Crippen molar-refractivity contribution < 1.29 is 33.7 Å². The summed E-state index contributed by atoms with van der Waals surface area (Å²) in [6.07, 6.45) is 0.804. The summed E-state index contributed by atoms with van der Waals surface area (Å²) in [5, 5.41) is 10.2. The number of aliphatic hydroxyl groups is 1. The molecule has 0 aliphatic heterocycles. The molecule has 0 atom stereocenters. The van der Waals surface area contributed by atoms with Crippen molar-refractivity contribution in [3.8, 4) is 11.5 Å². The van der Waals surface area contributed by atoms with Crippen LogP contribution >= 0.6 is 0 Å². The second-order valence-electron chi connectivity index (χ2n) is 7.34. The zero-order chi connectivity index (χ0) is 24.5. The molecule has 0 saturated carbocycles. The minimum absolute atomic E-state index is 0.0305. The van der Waals surface area contributed by atoms with Gasteiger partial charge in [-0.1, -0.05) is 48.5 Å². The number of ketones is 2. The van der Waals surface area contributed by atoms with Crippen molar-refractivity contribution in [3.63, 3.8) is 0 Å². The lowest BCUT2D eigenvalue weighted by Gasteiger charge is -2.13. The van der Waals surface area contributed by atoms with Gasteiger partial charge in [0.25, 0.3) is 5.78 Å². The highest BCUT2D eigenvalue weighted by Gasteiger charge is 2.13. The Morgan fingerprint density at radius 1 is 0.794 bits per heavy atom. The van der Waals surface area contributed by atoms with E-state index in [1.54, 1.807) is 48.5 Å². The average molecular weight is 460 g/mol. The van der Waals surface area contributed by atoms with Gasteiger partial charge in [-0.2, -0.15) is 0 Å². The minimum atomic E-state index is -1.06. The summed E-state index contributed by atoms with van der Waals surface area (Å²) < 4.78 is 16.1. The largest absolute Gasteiger partial charge is 0.507 e. The van der Waals surface area contributed by atoms with Gasteiger partial charge in [0.15, 0.2) is 5.78 Å². The van der Waals surface area contributed by atoms with E-state index >= 15 is 0 Å². The van der Waals surface area contributed by atoms with Crippen LogP contribution in [0.15, 0.2) is 78.9 Å². The lowest BCUT2D eigenvalue weighted by Crippen LogP contribution is -2.13. The van der Waals surface area contributed by atoms with E-state index < -0.39 is 11.8 Å². The Labute approximate surface area is 197 Å². The number of methoxy groups -OCH3 is 1. The first-order chi connectivity index (χ1) is 16.4. The Morgan fingerprint density at radius 3 is 1.85 bits per heavy atom. The summed E-state index contributed by atoms with van der Waals surface area (Å²) in [5.41, 5.74) is 2.71. The number of rotatable bonds is 10. The Morgan fingerprint density at radius 2 is 1.32 bits per heavy atom. The van der Waals surface area contributed by atoms with Gasteiger partial charge in [0.1, 0.15) is 30.5 Å². The molecule has 0 aliphatic carbocycles. The third-order valence-electron chi connectivity index (χ3n) is 4.93. The molecule has 3 aromatic rings. The first-order valence-electron chi connectivity index (χ1n) is 10.4. The summed E-state index contributed by atoms with van der Waals surface area (Å²) in [6, 6.07) is 21.2. The Hall–Kier alpha value is -4.39. The Kier molecular flexibility index (Phi) is 8.18. The molecule has 0 radical (unpaired) electrons. The third-order valence-corrected chi connectivity index (χ3v) is 4.93. The topological polar surface area (TPSA) is 99.1 Å². The normalized spacial score (nSPS) is 10.9. The van der Waals surface area contributed by atoms with Crippen LogP contribution in [0.25, 0.3) is 5.76 Å². The molecule has 0 unspecified atom stereocenters. The highest BCUT2D eigenvalue weighted by molar-refractivity contribution is 6.39. The molecular weight excluding hydrogens is 436 g/mol. The minimum Gasteiger partial charge on any atom is -0.507 e. The maximum absolute atomic E-state index is 11.6. The van der Waals surface area contributed by atoms with Crippen molar-refractivity contribution >= 4 is 23.3 Å². The lowest BCUT2D eigenvalue weighted by atomic mass is 10.1. The molecule has 0 fully saturated rings. The first kappa shape index (κ1) is 24.3. The molecule has 3 aromatic carbocycles. The van der Waals surface area contributed by atoms with Crippen LogP contribution in [-0.4, -0.2) is 29.8 Å². The van der Waals surface area contributed by atoms with Crippen LogP contribution in [-0.2, 0) is 27.5 Å². The van der Waals surface area contributed by atoms with E-state index in [-0.39, 0.29) is 18.1 Å². The molecule has 7 heteroatoms. The number of Topliss-reactive ketones (excluding diaryl/α,β-unsaturated/α-hetero) is 1. The fourth-order valence-corrected chi connectivity index (χ4v) is 3.08. The van der Waals surface area contributed by atoms with Crippen LogP contribution in [0.1, 0.15) is 34.0 Å². The lowest BCUT2D eigenvalue weighted by molar-refractivity contribution is -0.149. The molecule has 0 spiro atoms. The summed E-state index contributed by atoms with van der Waals surface area (Å²) in [7, 11) is 1.09. The number of benzene rings is 3. The quantitative estimate of drug-likeness (QED) is 0.154. The van der Waals surface area contributed by atoms with Crippen LogP contribution in [0.5, 0.6) is 11.5 Å². The van der Waals surface area contributed by atoms with Gasteiger partial charge in [0, 0.05) is 17.2 Å². The van der Waals surface area contributed by atoms with Crippen molar-refractivity contribution in [3.05, 3.63) is 101 Å². The molecule has 3 rings (SSSR count). The zero-order valence-corrected chi connectivity index (χ0v) is 18.8. The molecule has 0 heterocycles. The van der Waals surface area contributed by atoms with Gasteiger partial charge >= 0.3 is 5.97 Å². The molecule has 0 amide bonds. The van der Waals surface area contributed by atoms with Crippen molar-refractivity contribution in [1.82, 2.24) is 0 Å². The first-order valence-corrected chi connectivity index (χ1v) is 10.4. The van der Waals surface area contributed by atoms with Gasteiger partial charge < -0.3 is 19.3 Å². The maximum Gasteiger partial charge on any atom is 0.378 e. The van der Waals surface area contributed by atoms with E-state index in [0.717, 1.165) is 24.3 Å². The highest BCUT2D eigenvalue weighted by Crippen LogP contribution is 2.22. The standard InChI is InChI=1S/C27H24O7/c1-18(28)19-9-5-11-23(13-19)33-16-21-7-3-4-8-22(21)17-34-24-12-6-10-20(14-24)25(29)15-26(30)27(31)32-2/h3-15,29H,16-17H2,1-2H3/b25-15-. The third kappa shape index (κ3) is 6.56. The van der Waals surface area contributed by atoms with E-state index in [2.05, 4.69) is 4.74 Å². The van der Waals surface area contributed by atoms with Crippen LogP contribution in [0.4, 0.5) is 0 Å². The van der Waals surface area contributed by atoms with Crippen LogP contribution in [0.2, 0.25) is 0 Å². The number of hydrogen-bond donors (Lipinski definition) is 1. The number of carbonyl (C=O) groups is 3. The molecule has 34 heavy (non-hydrogen) atoms. The fourth-order valence-electron chi connectivity index (χ4n) is 3.08. The second-order valence-corrected chi connectivity index (χ2v) is 7.34. The Balaban J connectivity index is 1.68. The maximum atomic E-state index is 11.6.